The Morgan fingerprint density at radius 1 is 1.14 bits per heavy atom. The van der Waals surface area contributed by atoms with Gasteiger partial charge in [-0.2, -0.15) is 9.97 Å². The molecule has 262 valence electrons. The molecule has 5 atom stereocenters. The number of anilines is 1. The zero-order valence-corrected chi connectivity index (χ0v) is 28.3. The van der Waals surface area contributed by atoms with Gasteiger partial charge in [-0.25, -0.2) is 13.2 Å². The zero-order valence-electron chi connectivity index (χ0n) is 28.3. The SMILES string of the molecule is CCc1c(F)ccc2cc(O)cc(-c3ncc4c(N5CC[C@@H]6C(C(=O)N(C)C(C)=O)[C@@H]6C5)nc(OC[C@@]56CCCN5C[C@H](F)C6)nc4c3F)c12. The average molecular weight is 689 g/mol. The van der Waals surface area contributed by atoms with Gasteiger partial charge < -0.3 is 14.7 Å². The number of aryl methyl sites for hydroxylation is 1. The summed E-state index contributed by atoms with van der Waals surface area (Å²) >= 11 is 0. The van der Waals surface area contributed by atoms with Crippen LogP contribution in [0.2, 0.25) is 0 Å². The van der Waals surface area contributed by atoms with E-state index in [0.717, 1.165) is 24.3 Å². The molecule has 0 bridgehead atoms. The fourth-order valence-electron chi connectivity index (χ4n) is 8.87. The summed E-state index contributed by atoms with van der Waals surface area (Å²) in [6.45, 7) is 5.44. The molecule has 4 aliphatic rings. The predicted molar refractivity (Wildman–Crippen MR) is 181 cm³/mol. The number of imide groups is 1. The molecule has 3 saturated heterocycles. The van der Waals surface area contributed by atoms with E-state index < -0.39 is 23.3 Å². The van der Waals surface area contributed by atoms with Gasteiger partial charge >= 0.3 is 6.01 Å². The van der Waals surface area contributed by atoms with Crippen molar-refractivity contribution in [2.75, 3.05) is 44.7 Å². The van der Waals surface area contributed by atoms with Gasteiger partial charge in [-0.1, -0.05) is 13.0 Å². The monoisotopic (exact) mass is 688 g/mol. The topological polar surface area (TPSA) is 112 Å². The van der Waals surface area contributed by atoms with E-state index in [1.165, 1.54) is 38.4 Å². The van der Waals surface area contributed by atoms with E-state index >= 15 is 8.78 Å². The number of fused-ring (bicyclic) bond motifs is 4. The first kappa shape index (κ1) is 32.7. The molecule has 1 aliphatic carbocycles. The third-order valence-corrected chi connectivity index (χ3v) is 11.5. The molecule has 13 heteroatoms. The molecule has 4 aromatic rings. The van der Waals surface area contributed by atoms with E-state index in [2.05, 4.69) is 14.9 Å². The van der Waals surface area contributed by atoms with Gasteiger partial charge in [0.15, 0.2) is 5.82 Å². The third-order valence-electron chi connectivity index (χ3n) is 11.5. The molecule has 1 saturated carbocycles. The second-order valence-corrected chi connectivity index (χ2v) is 14.4. The molecule has 1 unspecified atom stereocenters. The molecule has 5 heterocycles. The minimum Gasteiger partial charge on any atom is -0.508 e. The number of aromatic hydroxyl groups is 1. The maximum atomic E-state index is 17.0. The Labute approximate surface area is 287 Å². The van der Waals surface area contributed by atoms with Gasteiger partial charge in [0.25, 0.3) is 0 Å². The van der Waals surface area contributed by atoms with Crippen molar-refractivity contribution in [3.8, 4) is 23.0 Å². The molecule has 10 nitrogen and oxygen atoms in total. The number of phenolic OH excluding ortho intramolecular Hbond substituents is 1. The number of pyridine rings is 1. The first-order valence-corrected chi connectivity index (χ1v) is 17.4. The van der Waals surface area contributed by atoms with Crippen LogP contribution in [0, 0.1) is 29.4 Å². The van der Waals surface area contributed by atoms with Gasteiger partial charge in [-0.05, 0) is 78.6 Å². The van der Waals surface area contributed by atoms with Crippen LogP contribution >= 0.6 is 0 Å². The molecule has 2 aromatic carbocycles. The van der Waals surface area contributed by atoms with Crippen LogP contribution in [0.3, 0.4) is 0 Å². The van der Waals surface area contributed by atoms with Gasteiger partial charge in [0, 0.05) is 57.7 Å². The van der Waals surface area contributed by atoms with Gasteiger partial charge in [-0.3, -0.25) is 24.4 Å². The highest BCUT2D eigenvalue weighted by Crippen LogP contribution is 2.53. The molecule has 0 radical (unpaired) electrons. The summed E-state index contributed by atoms with van der Waals surface area (Å²) < 4.78 is 52.8. The van der Waals surface area contributed by atoms with Crippen molar-refractivity contribution in [3.05, 3.63) is 47.7 Å². The van der Waals surface area contributed by atoms with Crippen LogP contribution in [0.1, 0.15) is 45.1 Å². The second kappa shape index (κ2) is 12.1. The molecular formula is C37H39F3N6O4. The molecule has 0 spiro atoms. The number of hydrogen-bond acceptors (Lipinski definition) is 9. The molecule has 3 aliphatic heterocycles. The standard InChI is InChI=1S/C37H39F3N6O4/c1-4-23-28(39)7-6-20-12-22(48)13-25(29(20)23)32-31(40)33-26(15-41-32)34(45-11-8-24-27(17-45)30(24)35(49)44(3)19(2)47)43-36(42-33)50-18-37-9-5-10-46(37)16-21(38)14-37/h6-7,12-13,15,21,24,27,30,48H,4-5,8-11,14,16-18H2,1-3H3/t21-,24+,27-,30?,37+/m1/s1. The zero-order chi connectivity index (χ0) is 35.1. The fourth-order valence-corrected chi connectivity index (χ4v) is 8.87. The summed E-state index contributed by atoms with van der Waals surface area (Å²) in [5, 5.41) is 11.9. The van der Waals surface area contributed by atoms with Gasteiger partial charge in [0.2, 0.25) is 11.8 Å². The number of carbonyl (C=O) groups is 2. The van der Waals surface area contributed by atoms with Gasteiger partial charge in [0.1, 0.15) is 41.4 Å². The van der Waals surface area contributed by atoms with E-state index in [-0.39, 0.29) is 64.7 Å². The van der Waals surface area contributed by atoms with Crippen LogP contribution in [0.25, 0.3) is 32.9 Å². The van der Waals surface area contributed by atoms with E-state index in [4.69, 9.17) is 9.72 Å². The van der Waals surface area contributed by atoms with Crippen LogP contribution in [-0.4, -0.2) is 93.2 Å². The summed E-state index contributed by atoms with van der Waals surface area (Å²) in [6.07, 6.45) is 3.59. The number of phenols is 1. The number of benzene rings is 2. The Balaban J connectivity index is 1.22. The summed E-state index contributed by atoms with van der Waals surface area (Å²) in [6, 6.07) is 5.70. The summed E-state index contributed by atoms with van der Waals surface area (Å²) in [7, 11) is 1.49. The number of ether oxygens (including phenoxy) is 1. The Hall–Kier alpha value is -4.52. The van der Waals surface area contributed by atoms with E-state index in [1.807, 2.05) is 11.8 Å². The molecule has 2 amide bonds. The van der Waals surface area contributed by atoms with Crippen molar-refractivity contribution in [2.45, 2.75) is 57.7 Å². The predicted octanol–water partition coefficient (Wildman–Crippen LogP) is 5.42. The van der Waals surface area contributed by atoms with E-state index in [9.17, 15) is 19.1 Å². The van der Waals surface area contributed by atoms with Crippen LogP contribution in [-0.2, 0) is 16.0 Å². The lowest BCUT2D eigenvalue weighted by Gasteiger charge is -2.31. The first-order valence-electron chi connectivity index (χ1n) is 17.4. The van der Waals surface area contributed by atoms with Crippen LogP contribution in [0.4, 0.5) is 19.0 Å². The Bertz CT molecular complexity index is 2060. The number of piperidine rings is 1. The summed E-state index contributed by atoms with van der Waals surface area (Å²) in [4.78, 5) is 44.1. The highest BCUT2D eigenvalue weighted by Gasteiger charge is 2.58. The molecule has 4 fully saturated rings. The lowest BCUT2D eigenvalue weighted by atomic mass is 9.94. The molecule has 2 aromatic heterocycles. The van der Waals surface area contributed by atoms with Crippen molar-refractivity contribution in [1.82, 2.24) is 24.8 Å². The number of alkyl halides is 1. The van der Waals surface area contributed by atoms with Gasteiger partial charge in [0.05, 0.1) is 10.9 Å². The number of halogens is 3. The van der Waals surface area contributed by atoms with Crippen molar-refractivity contribution in [1.29, 1.82) is 0 Å². The highest BCUT2D eigenvalue weighted by atomic mass is 19.1. The molecular weight excluding hydrogens is 649 g/mol. The first-order chi connectivity index (χ1) is 24.0. The van der Waals surface area contributed by atoms with Crippen LogP contribution < -0.4 is 9.64 Å². The van der Waals surface area contributed by atoms with Crippen molar-refractivity contribution >= 4 is 39.3 Å². The van der Waals surface area contributed by atoms with Crippen molar-refractivity contribution in [3.63, 3.8) is 0 Å². The number of amides is 2. The van der Waals surface area contributed by atoms with Gasteiger partial charge in [-0.15, -0.1) is 0 Å². The minimum absolute atomic E-state index is 0.00329. The number of aromatic nitrogens is 3. The number of nitrogens with zero attached hydrogens (tertiary/aromatic N) is 6. The van der Waals surface area contributed by atoms with Crippen molar-refractivity contribution < 1.29 is 32.6 Å². The lowest BCUT2D eigenvalue weighted by Crippen LogP contribution is -2.43. The van der Waals surface area contributed by atoms with Crippen LogP contribution in [0.5, 0.6) is 11.8 Å². The molecule has 1 N–H and O–H groups in total. The average Bonchev–Trinajstić information content (AvgIpc) is 3.56. The maximum Gasteiger partial charge on any atom is 0.319 e. The number of carbonyl (C=O) groups excluding carboxylic acids is 2. The maximum absolute atomic E-state index is 17.0. The molecule has 8 rings (SSSR count). The fraction of sp³-hybridized carbons (Fsp3) is 0.486. The molecule has 50 heavy (non-hydrogen) atoms. The van der Waals surface area contributed by atoms with Crippen molar-refractivity contribution in [2.24, 2.45) is 17.8 Å². The summed E-state index contributed by atoms with van der Waals surface area (Å²) in [5.74, 6) is -1.60. The lowest BCUT2D eigenvalue weighted by molar-refractivity contribution is -0.143. The highest BCUT2D eigenvalue weighted by molar-refractivity contribution is 6.02. The third kappa shape index (κ3) is 5.23. The Morgan fingerprint density at radius 2 is 1.96 bits per heavy atom. The van der Waals surface area contributed by atoms with Crippen LogP contribution in [0.15, 0.2) is 30.5 Å². The number of hydrogen-bond donors (Lipinski definition) is 1. The number of rotatable bonds is 7. The Morgan fingerprint density at radius 3 is 2.74 bits per heavy atom. The summed E-state index contributed by atoms with van der Waals surface area (Å²) in [5.41, 5.74) is -0.0401. The minimum atomic E-state index is -0.953. The second-order valence-electron chi connectivity index (χ2n) is 14.4. The van der Waals surface area contributed by atoms with E-state index in [1.54, 1.807) is 6.07 Å². The van der Waals surface area contributed by atoms with E-state index in [0.29, 0.717) is 66.4 Å². The normalized spacial score (nSPS) is 25.9. The Kier molecular flexibility index (Phi) is 7.88. The largest absolute Gasteiger partial charge is 0.508 e. The quantitative estimate of drug-likeness (QED) is 0.272. The smallest absolute Gasteiger partial charge is 0.319 e.